The van der Waals surface area contributed by atoms with Gasteiger partial charge >= 0.3 is 0 Å². The van der Waals surface area contributed by atoms with Crippen molar-refractivity contribution in [1.29, 1.82) is 0 Å². The maximum atomic E-state index is 11.7. The Kier molecular flexibility index (Phi) is 4.02. The third-order valence-corrected chi connectivity index (χ3v) is 6.52. The molecule has 2 fully saturated rings. The van der Waals surface area contributed by atoms with Crippen LogP contribution in [0.15, 0.2) is 0 Å². The molecule has 2 atom stereocenters. The zero-order valence-corrected chi connectivity index (χ0v) is 12.2. The minimum Gasteiger partial charge on any atom is -0.329 e. The molecule has 0 spiro atoms. The monoisotopic (exact) mass is 275 g/mol. The Morgan fingerprint density at radius 2 is 2.22 bits per heavy atom. The zero-order valence-electron chi connectivity index (χ0n) is 11.4. The van der Waals surface area contributed by atoms with Gasteiger partial charge in [0.05, 0.1) is 11.5 Å². The average molecular weight is 275 g/mol. The zero-order chi connectivity index (χ0) is 13.4. The van der Waals surface area contributed by atoms with Crippen LogP contribution >= 0.6 is 0 Å². The third kappa shape index (κ3) is 2.71. The van der Waals surface area contributed by atoms with Crippen molar-refractivity contribution < 1.29 is 8.42 Å². The molecule has 6 heteroatoms. The van der Waals surface area contributed by atoms with E-state index >= 15 is 0 Å². The Labute approximate surface area is 110 Å². The van der Waals surface area contributed by atoms with E-state index in [9.17, 15) is 8.42 Å². The number of hydrogen-bond acceptors (Lipinski definition) is 5. The van der Waals surface area contributed by atoms with Crippen LogP contribution in [0.4, 0.5) is 0 Å². The number of likely N-dealkylation sites (N-methyl/N-ethyl adjacent to an activating group) is 2. The fourth-order valence-corrected chi connectivity index (χ4v) is 5.37. The summed E-state index contributed by atoms with van der Waals surface area (Å²) >= 11 is 0. The Balaban J connectivity index is 2.04. The first kappa shape index (κ1) is 14.2. The fourth-order valence-electron chi connectivity index (χ4n) is 3.24. The summed E-state index contributed by atoms with van der Waals surface area (Å²) in [6, 6.07) is 0.543. The maximum absolute atomic E-state index is 11.7. The lowest BCUT2D eigenvalue weighted by Crippen LogP contribution is -2.56. The van der Waals surface area contributed by atoms with Crippen molar-refractivity contribution >= 4 is 9.84 Å². The molecule has 0 aromatic heterocycles. The average Bonchev–Trinajstić information content (AvgIpc) is 2.84. The molecule has 5 nitrogen and oxygen atoms in total. The molecule has 106 valence electrons. The maximum Gasteiger partial charge on any atom is 0.152 e. The lowest BCUT2D eigenvalue weighted by molar-refractivity contribution is 0.115. The van der Waals surface area contributed by atoms with Gasteiger partial charge in [-0.15, -0.1) is 0 Å². The molecule has 0 bridgehead atoms. The summed E-state index contributed by atoms with van der Waals surface area (Å²) in [6.45, 7) is 2.49. The van der Waals surface area contributed by atoms with Gasteiger partial charge in [-0.05, 0) is 39.9 Å². The third-order valence-electron chi connectivity index (χ3n) is 4.71. The van der Waals surface area contributed by atoms with E-state index in [2.05, 4.69) is 16.8 Å². The highest BCUT2D eigenvalue weighted by Crippen LogP contribution is 2.29. The fraction of sp³-hybridized carbons (Fsp3) is 1.00. The summed E-state index contributed by atoms with van der Waals surface area (Å²) in [4.78, 5) is 4.56. The van der Waals surface area contributed by atoms with E-state index in [-0.39, 0.29) is 17.0 Å². The lowest BCUT2D eigenvalue weighted by Gasteiger charge is -2.39. The number of nitrogens with zero attached hydrogens (tertiary/aromatic N) is 2. The van der Waals surface area contributed by atoms with Crippen molar-refractivity contribution in [2.24, 2.45) is 5.73 Å². The second-order valence-electron chi connectivity index (χ2n) is 5.93. The van der Waals surface area contributed by atoms with Crippen molar-refractivity contribution in [2.45, 2.75) is 30.8 Å². The van der Waals surface area contributed by atoms with Crippen molar-refractivity contribution in [2.75, 3.05) is 45.2 Å². The van der Waals surface area contributed by atoms with Crippen molar-refractivity contribution in [1.82, 2.24) is 9.80 Å². The number of sulfone groups is 1. The number of likely N-dealkylation sites (tertiary alicyclic amines) is 1. The van der Waals surface area contributed by atoms with E-state index in [0.717, 1.165) is 13.1 Å². The summed E-state index contributed by atoms with van der Waals surface area (Å²) in [5.74, 6) is 0.512. The van der Waals surface area contributed by atoms with Gasteiger partial charge in [0.25, 0.3) is 0 Å². The Hall–Kier alpha value is -0.170. The quantitative estimate of drug-likeness (QED) is 0.751. The normalized spacial score (nSPS) is 36.6. The standard InChI is InChI=1S/C12H25N3O2S/c1-14-6-3-4-11(14)8-15(2)12(9-13)5-7-18(16,17)10-12/h11H,3-10,13H2,1-2H3. The predicted molar refractivity (Wildman–Crippen MR) is 73.3 cm³/mol. The van der Waals surface area contributed by atoms with Crippen LogP contribution in [0.1, 0.15) is 19.3 Å². The first-order valence-corrected chi connectivity index (χ1v) is 8.53. The molecule has 2 rings (SSSR count). The molecule has 2 unspecified atom stereocenters. The summed E-state index contributed by atoms with van der Waals surface area (Å²) < 4.78 is 23.4. The van der Waals surface area contributed by atoms with Gasteiger partial charge in [0.1, 0.15) is 0 Å². The molecule has 0 amide bonds. The van der Waals surface area contributed by atoms with Crippen LogP contribution in [0.2, 0.25) is 0 Å². The van der Waals surface area contributed by atoms with E-state index in [0.29, 0.717) is 19.0 Å². The smallest absolute Gasteiger partial charge is 0.152 e. The van der Waals surface area contributed by atoms with Crippen LogP contribution in [0.5, 0.6) is 0 Å². The Bertz CT molecular complexity index is 398. The van der Waals surface area contributed by atoms with Gasteiger partial charge in [0.15, 0.2) is 9.84 Å². The highest BCUT2D eigenvalue weighted by atomic mass is 32.2. The first-order valence-electron chi connectivity index (χ1n) is 6.70. The molecular formula is C12H25N3O2S. The Morgan fingerprint density at radius 3 is 2.67 bits per heavy atom. The first-order chi connectivity index (χ1) is 8.38. The molecule has 2 heterocycles. The number of nitrogens with two attached hydrogens (primary N) is 1. The molecule has 0 saturated carbocycles. The van der Waals surface area contributed by atoms with Crippen LogP contribution in [-0.4, -0.2) is 75.0 Å². The molecule has 2 saturated heterocycles. The summed E-state index contributed by atoms with van der Waals surface area (Å²) in [5.41, 5.74) is 5.55. The molecule has 2 N–H and O–H groups in total. The van der Waals surface area contributed by atoms with Gasteiger partial charge in [-0.25, -0.2) is 8.42 Å². The summed E-state index contributed by atoms with van der Waals surface area (Å²) in [7, 11) is 1.28. The van der Waals surface area contributed by atoms with E-state index in [1.54, 1.807) is 0 Å². The van der Waals surface area contributed by atoms with Gasteiger partial charge in [0.2, 0.25) is 0 Å². The van der Waals surface area contributed by atoms with Crippen LogP contribution < -0.4 is 5.73 Å². The molecule has 2 aliphatic rings. The van der Waals surface area contributed by atoms with Crippen LogP contribution in [0.25, 0.3) is 0 Å². The SMILES string of the molecule is CN1CCCC1CN(C)C1(CN)CCS(=O)(=O)C1. The largest absolute Gasteiger partial charge is 0.329 e. The van der Waals surface area contributed by atoms with Gasteiger partial charge in [0, 0.05) is 24.7 Å². The van der Waals surface area contributed by atoms with E-state index < -0.39 is 9.84 Å². The van der Waals surface area contributed by atoms with Gasteiger partial charge in [-0.3, -0.25) is 4.90 Å². The van der Waals surface area contributed by atoms with Crippen LogP contribution in [-0.2, 0) is 9.84 Å². The highest BCUT2D eigenvalue weighted by Gasteiger charge is 2.44. The molecule has 2 aliphatic heterocycles. The highest BCUT2D eigenvalue weighted by molar-refractivity contribution is 7.91. The van der Waals surface area contributed by atoms with Gasteiger partial charge in [-0.2, -0.15) is 0 Å². The van der Waals surface area contributed by atoms with Crippen molar-refractivity contribution in [3.8, 4) is 0 Å². The molecule has 0 aliphatic carbocycles. The number of hydrogen-bond donors (Lipinski definition) is 1. The second-order valence-corrected chi connectivity index (χ2v) is 8.11. The number of rotatable bonds is 4. The summed E-state index contributed by atoms with van der Waals surface area (Å²) in [6.07, 6.45) is 3.12. The van der Waals surface area contributed by atoms with Gasteiger partial charge < -0.3 is 10.6 Å². The topological polar surface area (TPSA) is 66.6 Å². The van der Waals surface area contributed by atoms with E-state index in [1.165, 1.54) is 12.8 Å². The molecular weight excluding hydrogens is 250 g/mol. The molecule has 18 heavy (non-hydrogen) atoms. The Morgan fingerprint density at radius 1 is 1.50 bits per heavy atom. The minimum atomic E-state index is -2.89. The van der Waals surface area contributed by atoms with Crippen LogP contribution in [0.3, 0.4) is 0 Å². The second kappa shape index (κ2) is 5.07. The predicted octanol–water partition coefficient (Wildman–Crippen LogP) is -0.472. The molecule has 0 aromatic carbocycles. The minimum absolute atomic E-state index is 0.226. The van der Waals surface area contributed by atoms with Crippen molar-refractivity contribution in [3.63, 3.8) is 0 Å². The molecule has 0 radical (unpaired) electrons. The summed E-state index contributed by atoms with van der Waals surface area (Å²) in [5, 5.41) is 0. The molecule has 0 aromatic rings. The van der Waals surface area contributed by atoms with Crippen LogP contribution in [0, 0.1) is 0 Å². The van der Waals surface area contributed by atoms with E-state index in [4.69, 9.17) is 5.73 Å². The van der Waals surface area contributed by atoms with Crippen molar-refractivity contribution in [3.05, 3.63) is 0 Å². The van der Waals surface area contributed by atoms with Gasteiger partial charge in [-0.1, -0.05) is 0 Å². The lowest BCUT2D eigenvalue weighted by atomic mass is 9.96. The van der Waals surface area contributed by atoms with E-state index in [1.807, 2.05) is 7.05 Å².